The molecular formula is C17H12N2O4. The molecule has 0 fully saturated rings. The standard InChI is InChI=1S/C17H12N2O4/c20-15-5-1-3-13-4-2-10-18(17(13)15)11-16(21)12-6-8-14(9-7-12)19(22)23/h1-10H,11H2. The molecule has 0 spiro atoms. The molecule has 6 nitrogen and oxygen atoms in total. The molecule has 0 aliphatic carbocycles. The van der Waals surface area contributed by atoms with Crippen LogP contribution < -0.4 is 9.67 Å². The number of benzene rings is 2. The van der Waals surface area contributed by atoms with E-state index in [0.29, 0.717) is 11.1 Å². The van der Waals surface area contributed by atoms with Crippen LogP contribution in [0.25, 0.3) is 10.9 Å². The van der Waals surface area contributed by atoms with Crippen LogP contribution in [-0.2, 0) is 6.54 Å². The molecule has 0 radical (unpaired) electrons. The predicted octanol–water partition coefficient (Wildman–Crippen LogP) is 1.99. The zero-order chi connectivity index (χ0) is 16.4. The van der Waals surface area contributed by atoms with Gasteiger partial charge >= 0.3 is 0 Å². The van der Waals surface area contributed by atoms with E-state index in [9.17, 15) is 20.0 Å². The van der Waals surface area contributed by atoms with Crippen molar-refractivity contribution in [1.82, 2.24) is 0 Å². The first-order valence-corrected chi connectivity index (χ1v) is 6.92. The monoisotopic (exact) mass is 308 g/mol. The fourth-order valence-electron chi connectivity index (χ4n) is 2.45. The number of aromatic nitrogens is 1. The van der Waals surface area contributed by atoms with Crippen LogP contribution in [0.5, 0.6) is 5.75 Å². The van der Waals surface area contributed by atoms with Crippen molar-refractivity contribution >= 4 is 22.4 Å². The summed E-state index contributed by atoms with van der Waals surface area (Å²) in [6, 6.07) is 13.9. The van der Waals surface area contributed by atoms with Crippen LogP contribution in [0.3, 0.4) is 0 Å². The molecule has 0 N–H and O–H groups in total. The summed E-state index contributed by atoms with van der Waals surface area (Å²) in [5, 5.41) is 23.4. The van der Waals surface area contributed by atoms with Gasteiger partial charge in [0.1, 0.15) is 0 Å². The average Bonchev–Trinajstić information content (AvgIpc) is 2.55. The first kappa shape index (κ1) is 14.6. The molecule has 0 unspecified atom stereocenters. The largest absolute Gasteiger partial charge is 0.868 e. The van der Waals surface area contributed by atoms with E-state index in [2.05, 4.69) is 0 Å². The number of nitro benzene ring substituents is 1. The molecule has 0 bridgehead atoms. The van der Waals surface area contributed by atoms with Crippen molar-refractivity contribution in [1.29, 1.82) is 0 Å². The number of carbonyl (C=O) groups excluding carboxylic acids is 1. The van der Waals surface area contributed by atoms with Gasteiger partial charge in [-0.3, -0.25) is 14.9 Å². The molecule has 0 saturated heterocycles. The maximum Gasteiger partial charge on any atom is 0.269 e. The number of carbonyl (C=O) groups is 1. The van der Waals surface area contributed by atoms with Crippen LogP contribution in [0.1, 0.15) is 10.4 Å². The lowest BCUT2D eigenvalue weighted by molar-refractivity contribution is -0.658. The summed E-state index contributed by atoms with van der Waals surface area (Å²) >= 11 is 0. The highest BCUT2D eigenvalue weighted by Gasteiger charge is 2.16. The Morgan fingerprint density at radius 2 is 1.74 bits per heavy atom. The fraction of sp³-hybridized carbons (Fsp3) is 0.0588. The van der Waals surface area contributed by atoms with Crippen molar-refractivity contribution in [3.8, 4) is 5.75 Å². The summed E-state index contributed by atoms with van der Waals surface area (Å²) < 4.78 is 1.60. The van der Waals surface area contributed by atoms with E-state index in [4.69, 9.17) is 0 Å². The normalized spacial score (nSPS) is 10.6. The number of Topliss-reactive ketones (excluding diaryl/α,β-unsaturated/α-hetero) is 1. The van der Waals surface area contributed by atoms with Crippen molar-refractivity contribution in [2.24, 2.45) is 0 Å². The van der Waals surface area contributed by atoms with Gasteiger partial charge in [-0.1, -0.05) is 12.1 Å². The van der Waals surface area contributed by atoms with E-state index >= 15 is 0 Å². The Hall–Kier alpha value is -3.28. The molecule has 3 aromatic rings. The van der Waals surface area contributed by atoms with Gasteiger partial charge in [-0.15, -0.1) is 0 Å². The molecule has 0 aliphatic rings. The van der Waals surface area contributed by atoms with Crippen molar-refractivity contribution in [3.63, 3.8) is 0 Å². The first-order chi connectivity index (χ1) is 11.1. The van der Waals surface area contributed by atoms with Gasteiger partial charge in [0, 0.05) is 29.1 Å². The van der Waals surface area contributed by atoms with Crippen LogP contribution in [-0.4, -0.2) is 10.7 Å². The number of hydrogen-bond donors (Lipinski definition) is 0. The summed E-state index contributed by atoms with van der Waals surface area (Å²) in [7, 11) is 0. The molecule has 3 rings (SSSR count). The molecule has 6 heteroatoms. The van der Waals surface area contributed by atoms with E-state index in [0.717, 1.165) is 5.39 Å². The third-order valence-electron chi connectivity index (χ3n) is 3.57. The number of fused-ring (bicyclic) bond motifs is 1. The smallest absolute Gasteiger partial charge is 0.269 e. The minimum absolute atomic E-state index is 0.00555. The van der Waals surface area contributed by atoms with Gasteiger partial charge < -0.3 is 5.11 Å². The Kier molecular flexibility index (Phi) is 3.72. The lowest BCUT2D eigenvalue weighted by atomic mass is 10.1. The van der Waals surface area contributed by atoms with Crippen molar-refractivity contribution in [2.75, 3.05) is 0 Å². The van der Waals surface area contributed by atoms with Crippen LogP contribution in [0.2, 0.25) is 0 Å². The first-order valence-electron chi connectivity index (χ1n) is 6.92. The Morgan fingerprint density at radius 3 is 2.43 bits per heavy atom. The number of nitro groups is 1. The van der Waals surface area contributed by atoms with E-state index in [1.165, 1.54) is 30.3 Å². The van der Waals surface area contributed by atoms with E-state index in [1.807, 2.05) is 12.1 Å². The highest BCUT2D eigenvalue weighted by molar-refractivity contribution is 5.95. The van der Waals surface area contributed by atoms with E-state index in [1.54, 1.807) is 22.9 Å². The van der Waals surface area contributed by atoms with Crippen LogP contribution in [0.4, 0.5) is 5.69 Å². The summed E-state index contributed by atoms with van der Waals surface area (Å²) in [6.45, 7) is -0.00555. The van der Waals surface area contributed by atoms with Gasteiger partial charge in [-0.05, 0) is 30.0 Å². The summed E-state index contributed by atoms with van der Waals surface area (Å²) in [5.41, 5.74) is 0.759. The Morgan fingerprint density at radius 1 is 1.04 bits per heavy atom. The molecule has 0 amide bonds. The molecule has 2 aromatic carbocycles. The van der Waals surface area contributed by atoms with Crippen LogP contribution in [0, 0.1) is 10.1 Å². The molecule has 114 valence electrons. The van der Waals surface area contributed by atoms with Gasteiger partial charge in [0.05, 0.1) is 4.92 Å². The van der Waals surface area contributed by atoms with Gasteiger partial charge in [-0.2, -0.15) is 4.57 Å². The minimum atomic E-state index is -0.516. The van der Waals surface area contributed by atoms with Gasteiger partial charge in [0.25, 0.3) is 5.69 Å². The second-order valence-electron chi connectivity index (χ2n) is 5.06. The lowest BCUT2D eigenvalue weighted by Crippen LogP contribution is -2.38. The third-order valence-corrected chi connectivity index (χ3v) is 3.57. The quantitative estimate of drug-likeness (QED) is 0.319. The zero-order valence-electron chi connectivity index (χ0n) is 12.0. The number of ketones is 1. The van der Waals surface area contributed by atoms with Crippen molar-refractivity contribution in [2.45, 2.75) is 6.54 Å². The molecule has 0 saturated carbocycles. The van der Waals surface area contributed by atoms with Crippen molar-refractivity contribution < 1.29 is 19.4 Å². The summed E-state index contributed by atoms with van der Waals surface area (Å²) in [6.07, 6.45) is 1.67. The topological polar surface area (TPSA) is 87.2 Å². The highest BCUT2D eigenvalue weighted by atomic mass is 16.6. The van der Waals surface area contributed by atoms with Gasteiger partial charge in [-0.25, -0.2) is 0 Å². The number of rotatable bonds is 4. The Bertz CT molecular complexity index is 899. The third kappa shape index (κ3) is 2.87. The second-order valence-corrected chi connectivity index (χ2v) is 5.06. The number of pyridine rings is 1. The Balaban J connectivity index is 1.93. The predicted molar refractivity (Wildman–Crippen MR) is 81.0 cm³/mol. The molecule has 0 atom stereocenters. The summed E-state index contributed by atoms with van der Waals surface area (Å²) in [5.74, 6) is -0.375. The number of hydrogen-bond acceptors (Lipinski definition) is 4. The Labute approximate surface area is 131 Å². The number of nitrogens with zero attached hydrogens (tertiary/aromatic N) is 2. The lowest BCUT2D eigenvalue weighted by Gasteiger charge is -2.08. The number of non-ortho nitro benzene ring substituents is 1. The fourth-order valence-corrected chi connectivity index (χ4v) is 2.45. The molecule has 1 aromatic heterocycles. The second kappa shape index (κ2) is 5.84. The summed E-state index contributed by atoms with van der Waals surface area (Å²) in [4.78, 5) is 22.5. The van der Waals surface area contributed by atoms with Gasteiger partial charge in [0.15, 0.2) is 6.20 Å². The molecule has 0 aliphatic heterocycles. The van der Waals surface area contributed by atoms with Crippen LogP contribution >= 0.6 is 0 Å². The average molecular weight is 308 g/mol. The zero-order valence-corrected chi connectivity index (χ0v) is 12.0. The maximum atomic E-state index is 12.4. The van der Waals surface area contributed by atoms with Crippen molar-refractivity contribution in [3.05, 3.63) is 76.5 Å². The minimum Gasteiger partial charge on any atom is -0.868 e. The number of para-hydroxylation sites is 1. The van der Waals surface area contributed by atoms with Crippen LogP contribution in [0.15, 0.2) is 60.8 Å². The maximum absolute atomic E-state index is 12.4. The van der Waals surface area contributed by atoms with E-state index in [-0.39, 0.29) is 23.8 Å². The highest BCUT2D eigenvalue weighted by Crippen LogP contribution is 2.18. The molecule has 1 heterocycles. The molecule has 23 heavy (non-hydrogen) atoms. The van der Waals surface area contributed by atoms with E-state index < -0.39 is 4.92 Å². The molecular weight excluding hydrogens is 296 g/mol. The SMILES string of the molecule is O=C(C[n+]1cccc2cccc([O-])c21)c1ccc([N+](=O)[O-])cc1. The van der Waals surface area contributed by atoms with Gasteiger partial charge in [0.2, 0.25) is 17.8 Å².